The zero-order chi connectivity index (χ0) is 31.0. The quantitative estimate of drug-likeness (QED) is 0.164. The van der Waals surface area contributed by atoms with Gasteiger partial charge in [-0.2, -0.15) is 5.10 Å². The van der Waals surface area contributed by atoms with Crippen molar-refractivity contribution in [1.29, 1.82) is 0 Å². The van der Waals surface area contributed by atoms with Crippen molar-refractivity contribution in [2.75, 3.05) is 12.8 Å². The number of rotatable bonds is 10. The fraction of sp³-hybridized carbons (Fsp3) is 0.281. The van der Waals surface area contributed by atoms with Gasteiger partial charge in [0.1, 0.15) is 17.0 Å². The second-order valence-corrected chi connectivity index (χ2v) is 13.5. The zero-order valence-corrected chi connectivity index (χ0v) is 25.5. The molecule has 0 atom stereocenters. The Hall–Kier alpha value is -4.59. The Morgan fingerprint density at radius 3 is 2.67 bits per heavy atom. The molecule has 45 heavy (non-hydrogen) atoms. The monoisotopic (exact) mass is 625 g/mol. The molecule has 1 aliphatic carbocycles. The lowest BCUT2D eigenvalue weighted by Crippen LogP contribution is -2.21. The molecule has 0 saturated heterocycles. The van der Waals surface area contributed by atoms with E-state index in [1.807, 2.05) is 18.5 Å². The molecule has 0 amide bonds. The van der Waals surface area contributed by atoms with Gasteiger partial charge in [0.15, 0.2) is 11.5 Å². The molecular weight excluding hydrogens is 593 g/mol. The minimum absolute atomic E-state index is 0.0331. The van der Waals surface area contributed by atoms with Gasteiger partial charge in [-0.25, -0.2) is 27.5 Å². The fourth-order valence-corrected chi connectivity index (χ4v) is 6.42. The van der Waals surface area contributed by atoms with Crippen LogP contribution < -0.4 is 10.0 Å². The highest BCUT2D eigenvalue weighted by atomic mass is 32.2. The number of aromatic nitrogens is 7. The molecule has 1 saturated carbocycles. The molecule has 0 spiro atoms. The molecule has 0 unspecified atom stereocenters. The van der Waals surface area contributed by atoms with Gasteiger partial charge in [0.25, 0.3) is 0 Å². The second-order valence-electron chi connectivity index (χ2n) is 11.6. The van der Waals surface area contributed by atoms with Crippen molar-refractivity contribution in [2.24, 2.45) is 5.92 Å². The molecule has 0 radical (unpaired) electrons. The third-order valence-electron chi connectivity index (χ3n) is 8.19. The first kappa shape index (κ1) is 29.1. The molecule has 7 rings (SSSR count). The van der Waals surface area contributed by atoms with Gasteiger partial charge in [0.2, 0.25) is 10.0 Å². The van der Waals surface area contributed by atoms with Crippen molar-refractivity contribution in [2.45, 2.75) is 38.8 Å². The third kappa shape index (κ3) is 6.46. The van der Waals surface area contributed by atoms with Crippen molar-refractivity contribution < 1.29 is 12.8 Å². The first-order chi connectivity index (χ1) is 21.8. The predicted octanol–water partition coefficient (Wildman–Crippen LogP) is 5.09. The normalized spacial score (nSPS) is 14.2. The summed E-state index contributed by atoms with van der Waals surface area (Å²) in [7, 11) is -3.44. The Bertz CT molecular complexity index is 2120. The summed E-state index contributed by atoms with van der Waals surface area (Å²) in [6.45, 7) is 1.75. The van der Waals surface area contributed by atoms with Gasteiger partial charge in [0, 0.05) is 48.2 Å². The van der Waals surface area contributed by atoms with Gasteiger partial charge in [0.05, 0.1) is 23.7 Å². The van der Waals surface area contributed by atoms with Crippen LogP contribution in [-0.4, -0.2) is 56.3 Å². The molecule has 1 aromatic carbocycles. The molecule has 230 valence electrons. The molecule has 5 aromatic heterocycles. The summed E-state index contributed by atoms with van der Waals surface area (Å²) in [6.07, 6.45) is 13.4. The summed E-state index contributed by atoms with van der Waals surface area (Å²) in [5.41, 5.74) is 6.84. The van der Waals surface area contributed by atoms with Crippen LogP contribution in [0.2, 0.25) is 0 Å². The molecule has 1 fully saturated rings. The van der Waals surface area contributed by atoms with Crippen LogP contribution in [0.15, 0.2) is 61.2 Å². The zero-order valence-electron chi connectivity index (χ0n) is 24.6. The fourth-order valence-electron chi connectivity index (χ4n) is 5.99. The number of fused-ring (bicyclic) bond motifs is 2. The standard InChI is InChI=1S/C32H32FN9O2S/c1-45(43,44)38-16-20-8-22(11-24(33)10-20)25-6-7-36-31-29(25)39-32(40-31)30-26-12-27(37-18-28(26)41-42-30)23-9-21(15-35-17-23)14-34-13-19-4-2-3-5-19/h6-12,15,17-19,34,38H,2-5,13-14,16H2,1H3,(H,41,42)(H,36,39,40). The number of halogens is 1. The number of nitrogens with zero attached hydrogens (tertiary/aromatic N) is 5. The summed E-state index contributed by atoms with van der Waals surface area (Å²) in [6, 6.07) is 10.3. The van der Waals surface area contributed by atoms with Crippen LogP contribution in [0.1, 0.15) is 36.8 Å². The second kappa shape index (κ2) is 12.1. The summed E-state index contributed by atoms with van der Waals surface area (Å²) >= 11 is 0. The minimum atomic E-state index is -3.44. The number of nitrogens with one attached hydrogen (secondary N) is 4. The maximum absolute atomic E-state index is 14.6. The predicted molar refractivity (Wildman–Crippen MR) is 171 cm³/mol. The van der Waals surface area contributed by atoms with Crippen molar-refractivity contribution >= 4 is 32.1 Å². The van der Waals surface area contributed by atoms with Crippen LogP contribution in [0.3, 0.4) is 0 Å². The SMILES string of the molecule is CS(=O)(=O)NCc1cc(F)cc(-c2ccnc3[nH]c(-c4n[nH]c5cnc(-c6cncc(CNCC7CCCC7)c6)cc45)nc23)c1. The van der Waals surface area contributed by atoms with Gasteiger partial charge in [-0.3, -0.25) is 15.1 Å². The number of aromatic amines is 2. The highest BCUT2D eigenvalue weighted by molar-refractivity contribution is 7.88. The smallest absolute Gasteiger partial charge is 0.209 e. The maximum Gasteiger partial charge on any atom is 0.209 e. The number of H-pyrrole nitrogens is 2. The van der Waals surface area contributed by atoms with E-state index in [2.05, 4.69) is 46.2 Å². The van der Waals surface area contributed by atoms with Crippen molar-refractivity contribution in [3.63, 3.8) is 0 Å². The Morgan fingerprint density at radius 1 is 0.978 bits per heavy atom. The third-order valence-corrected chi connectivity index (χ3v) is 8.86. The molecule has 4 N–H and O–H groups in total. The average Bonchev–Trinajstić information content (AvgIpc) is 3.79. The Kier molecular flexibility index (Phi) is 7.81. The lowest BCUT2D eigenvalue weighted by molar-refractivity contribution is 0.489. The van der Waals surface area contributed by atoms with Crippen LogP contribution in [0, 0.1) is 11.7 Å². The van der Waals surface area contributed by atoms with E-state index in [4.69, 9.17) is 4.98 Å². The van der Waals surface area contributed by atoms with E-state index in [-0.39, 0.29) is 6.54 Å². The molecule has 6 aromatic rings. The maximum atomic E-state index is 14.6. The highest BCUT2D eigenvalue weighted by Crippen LogP contribution is 2.32. The molecule has 5 heterocycles. The molecular formula is C32H32FN9O2S. The summed E-state index contributed by atoms with van der Waals surface area (Å²) < 4.78 is 40.2. The minimum Gasteiger partial charge on any atom is -0.321 e. The highest BCUT2D eigenvalue weighted by Gasteiger charge is 2.18. The number of benzene rings is 1. The first-order valence-electron chi connectivity index (χ1n) is 14.9. The van der Waals surface area contributed by atoms with E-state index >= 15 is 0 Å². The van der Waals surface area contributed by atoms with Gasteiger partial charge >= 0.3 is 0 Å². The number of hydrogen-bond donors (Lipinski definition) is 4. The summed E-state index contributed by atoms with van der Waals surface area (Å²) in [5, 5.41) is 12.0. The van der Waals surface area contributed by atoms with E-state index in [9.17, 15) is 12.8 Å². The van der Waals surface area contributed by atoms with Crippen molar-refractivity contribution in [3.8, 4) is 33.9 Å². The van der Waals surface area contributed by atoms with E-state index in [0.29, 0.717) is 39.4 Å². The summed E-state index contributed by atoms with van der Waals surface area (Å²) in [5.74, 6) is 0.775. The van der Waals surface area contributed by atoms with Crippen molar-refractivity contribution in [3.05, 3.63) is 78.1 Å². The van der Waals surface area contributed by atoms with Crippen LogP contribution >= 0.6 is 0 Å². The van der Waals surface area contributed by atoms with E-state index in [0.717, 1.165) is 53.0 Å². The van der Waals surface area contributed by atoms with E-state index < -0.39 is 15.8 Å². The summed E-state index contributed by atoms with van der Waals surface area (Å²) in [4.78, 5) is 21.7. The Balaban J connectivity index is 1.19. The lowest BCUT2D eigenvalue weighted by atomic mass is 10.0. The van der Waals surface area contributed by atoms with Gasteiger partial charge < -0.3 is 10.3 Å². The molecule has 0 aliphatic heterocycles. The number of sulfonamides is 1. The molecule has 0 bridgehead atoms. The van der Waals surface area contributed by atoms with E-state index in [1.165, 1.54) is 37.8 Å². The van der Waals surface area contributed by atoms with Crippen LogP contribution in [0.25, 0.3) is 56.0 Å². The van der Waals surface area contributed by atoms with Crippen LogP contribution in [0.4, 0.5) is 4.39 Å². The number of pyridine rings is 3. The molecule has 1 aliphatic rings. The van der Waals surface area contributed by atoms with Crippen molar-refractivity contribution in [1.82, 2.24) is 45.2 Å². The molecule has 13 heteroatoms. The van der Waals surface area contributed by atoms with E-state index in [1.54, 1.807) is 24.5 Å². The van der Waals surface area contributed by atoms with Gasteiger partial charge in [-0.1, -0.05) is 12.8 Å². The van der Waals surface area contributed by atoms with Crippen LogP contribution in [-0.2, 0) is 23.1 Å². The van der Waals surface area contributed by atoms with Gasteiger partial charge in [-0.05, 0) is 78.4 Å². The first-order valence-corrected chi connectivity index (χ1v) is 16.8. The Labute approximate surface area is 259 Å². The Morgan fingerprint density at radius 2 is 1.82 bits per heavy atom. The number of imidazole rings is 1. The van der Waals surface area contributed by atoms with Gasteiger partial charge in [-0.15, -0.1) is 0 Å². The van der Waals surface area contributed by atoms with Crippen LogP contribution in [0.5, 0.6) is 0 Å². The lowest BCUT2D eigenvalue weighted by Gasteiger charge is -2.11. The topological polar surface area (TPSA) is 154 Å². The number of hydrogen-bond acceptors (Lipinski definition) is 8. The molecule has 11 nitrogen and oxygen atoms in total. The average molecular weight is 626 g/mol. The largest absolute Gasteiger partial charge is 0.321 e.